The molecule has 1 saturated heterocycles. The van der Waals surface area contributed by atoms with Crippen LogP contribution in [0.1, 0.15) is 5.56 Å². The number of hydrogen-bond donors (Lipinski definition) is 0. The molecule has 1 amide bonds. The second-order valence-corrected chi connectivity index (χ2v) is 5.04. The number of rotatable bonds is 4. The molecule has 20 heavy (non-hydrogen) atoms. The van der Waals surface area contributed by atoms with Crippen LogP contribution >= 0.6 is 0 Å². The van der Waals surface area contributed by atoms with Gasteiger partial charge in [-0.2, -0.15) is 0 Å². The van der Waals surface area contributed by atoms with Gasteiger partial charge in [0.15, 0.2) is 0 Å². The number of ether oxygens (including phenoxy) is 2. The van der Waals surface area contributed by atoms with E-state index in [4.69, 9.17) is 9.47 Å². The Balaban J connectivity index is 2.06. The largest absolute Gasteiger partial charge is 0.497 e. The minimum atomic E-state index is 0.143. The fourth-order valence-electron chi connectivity index (χ4n) is 2.35. The third-order valence-electron chi connectivity index (χ3n) is 3.69. The van der Waals surface area contributed by atoms with Crippen LogP contribution in [0, 0.1) is 0 Å². The van der Waals surface area contributed by atoms with E-state index in [1.807, 2.05) is 23.1 Å². The molecule has 1 aromatic carbocycles. The zero-order valence-corrected chi connectivity index (χ0v) is 12.4. The van der Waals surface area contributed by atoms with Gasteiger partial charge in [-0.05, 0) is 25.2 Å². The fraction of sp³-hybridized carbons (Fsp3) is 0.533. The lowest BCUT2D eigenvalue weighted by molar-refractivity contribution is -0.132. The van der Waals surface area contributed by atoms with Crippen LogP contribution in [-0.4, -0.2) is 63.2 Å². The number of benzene rings is 1. The number of methoxy groups -OCH3 is 2. The molecule has 0 N–H and O–H groups in total. The number of likely N-dealkylation sites (N-methyl/N-ethyl adjacent to an activating group) is 1. The normalized spacial score (nSPS) is 16.1. The maximum atomic E-state index is 12.4. The van der Waals surface area contributed by atoms with Crippen molar-refractivity contribution in [3.63, 3.8) is 0 Å². The summed E-state index contributed by atoms with van der Waals surface area (Å²) in [5, 5.41) is 0. The summed E-state index contributed by atoms with van der Waals surface area (Å²) in [6.45, 7) is 3.45. The minimum absolute atomic E-state index is 0.143. The van der Waals surface area contributed by atoms with E-state index in [0.29, 0.717) is 6.42 Å². The lowest BCUT2D eigenvalue weighted by Gasteiger charge is -2.32. The molecule has 0 saturated carbocycles. The molecule has 1 fully saturated rings. The van der Waals surface area contributed by atoms with E-state index in [-0.39, 0.29) is 5.91 Å². The zero-order valence-electron chi connectivity index (χ0n) is 12.4. The average molecular weight is 278 g/mol. The highest BCUT2D eigenvalue weighted by Gasteiger charge is 2.20. The molecule has 0 aromatic heterocycles. The van der Waals surface area contributed by atoms with Crippen LogP contribution in [0.2, 0.25) is 0 Å². The van der Waals surface area contributed by atoms with Gasteiger partial charge in [0.2, 0.25) is 5.91 Å². The first-order valence-electron chi connectivity index (χ1n) is 6.81. The average Bonchev–Trinajstić information content (AvgIpc) is 2.47. The molecule has 110 valence electrons. The molecule has 0 unspecified atom stereocenters. The molecular weight excluding hydrogens is 256 g/mol. The first-order chi connectivity index (χ1) is 9.63. The van der Waals surface area contributed by atoms with Gasteiger partial charge in [-0.3, -0.25) is 4.79 Å². The van der Waals surface area contributed by atoms with Crippen molar-refractivity contribution < 1.29 is 14.3 Å². The summed E-state index contributed by atoms with van der Waals surface area (Å²) in [5.41, 5.74) is 0.871. The first-order valence-corrected chi connectivity index (χ1v) is 6.81. The second-order valence-electron chi connectivity index (χ2n) is 5.04. The van der Waals surface area contributed by atoms with Crippen molar-refractivity contribution in [1.29, 1.82) is 0 Å². The SMILES string of the molecule is COc1ccc(OC)c(CC(=O)N2CCN(C)CC2)c1. The summed E-state index contributed by atoms with van der Waals surface area (Å²) in [7, 11) is 5.31. The van der Waals surface area contributed by atoms with Crippen LogP contribution in [-0.2, 0) is 11.2 Å². The van der Waals surface area contributed by atoms with E-state index in [9.17, 15) is 4.79 Å². The van der Waals surface area contributed by atoms with Crippen molar-refractivity contribution in [3.8, 4) is 11.5 Å². The van der Waals surface area contributed by atoms with Crippen molar-refractivity contribution in [2.24, 2.45) is 0 Å². The summed E-state index contributed by atoms with van der Waals surface area (Å²) in [5.74, 6) is 1.62. The van der Waals surface area contributed by atoms with Crippen LogP contribution < -0.4 is 9.47 Å². The van der Waals surface area contributed by atoms with Crippen molar-refractivity contribution in [3.05, 3.63) is 23.8 Å². The molecule has 2 rings (SSSR count). The monoisotopic (exact) mass is 278 g/mol. The van der Waals surface area contributed by atoms with Gasteiger partial charge < -0.3 is 19.3 Å². The second kappa shape index (κ2) is 6.61. The molecule has 1 aromatic rings. The number of piperazine rings is 1. The van der Waals surface area contributed by atoms with E-state index >= 15 is 0 Å². The van der Waals surface area contributed by atoms with E-state index < -0.39 is 0 Å². The summed E-state index contributed by atoms with van der Waals surface area (Å²) in [6.07, 6.45) is 0.351. The third-order valence-corrected chi connectivity index (χ3v) is 3.69. The highest BCUT2D eigenvalue weighted by molar-refractivity contribution is 5.79. The quantitative estimate of drug-likeness (QED) is 0.824. The third kappa shape index (κ3) is 3.42. The predicted octanol–water partition coefficient (Wildman–Crippen LogP) is 1.02. The Labute approximate surface area is 120 Å². The van der Waals surface area contributed by atoms with Crippen LogP contribution in [0.5, 0.6) is 11.5 Å². The van der Waals surface area contributed by atoms with Crippen molar-refractivity contribution >= 4 is 5.91 Å². The molecular formula is C15H22N2O3. The Kier molecular flexibility index (Phi) is 4.84. The highest BCUT2D eigenvalue weighted by Crippen LogP contribution is 2.24. The zero-order chi connectivity index (χ0) is 14.5. The molecule has 5 heteroatoms. The van der Waals surface area contributed by atoms with E-state index in [2.05, 4.69) is 11.9 Å². The van der Waals surface area contributed by atoms with E-state index in [1.54, 1.807) is 14.2 Å². The Morgan fingerprint density at radius 3 is 2.45 bits per heavy atom. The van der Waals surface area contributed by atoms with Gasteiger partial charge >= 0.3 is 0 Å². The topological polar surface area (TPSA) is 42.0 Å². The molecule has 1 aliphatic rings. The van der Waals surface area contributed by atoms with Crippen molar-refractivity contribution in [2.75, 3.05) is 47.4 Å². The summed E-state index contributed by atoms with van der Waals surface area (Å²) >= 11 is 0. The number of carbonyl (C=O) groups is 1. The molecule has 0 aliphatic carbocycles. The van der Waals surface area contributed by atoms with Gasteiger partial charge in [0.05, 0.1) is 20.6 Å². The lowest BCUT2D eigenvalue weighted by Crippen LogP contribution is -2.47. The predicted molar refractivity (Wildman–Crippen MR) is 77.3 cm³/mol. The van der Waals surface area contributed by atoms with Crippen molar-refractivity contribution in [2.45, 2.75) is 6.42 Å². The van der Waals surface area contributed by atoms with E-state index in [1.165, 1.54) is 0 Å². The van der Waals surface area contributed by atoms with Crippen LogP contribution in [0.4, 0.5) is 0 Å². The fourth-order valence-corrected chi connectivity index (χ4v) is 2.35. The van der Waals surface area contributed by atoms with Crippen LogP contribution in [0.25, 0.3) is 0 Å². The van der Waals surface area contributed by atoms with Gasteiger partial charge in [-0.1, -0.05) is 0 Å². The maximum absolute atomic E-state index is 12.4. The molecule has 0 atom stereocenters. The Hall–Kier alpha value is -1.75. The van der Waals surface area contributed by atoms with Gasteiger partial charge in [0, 0.05) is 31.7 Å². The maximum Gasteiger partial charge on any atom is 0.227 e. The van der Waals surface area contributed by atoms with Crippen molar-refractivity contribution in [1.82, 2.24) is 9.80 Å². The first kappa shape index (κ1) is 14.7. The number of nitrogens with zero attached hydrogens (tertiary/aromatic N) is 2. The standard InChI is InChI=1S/C15H22N2O3/c1-16-6-8-17(9-7-16)15(18)11-12-10-13(19-2)4-5-14(12)20-3/h4-5,10H,6-9,11H2,1-3H3. The van der Waals surface area contributed by atoms with E-state index in [0.717, 1.165) is 43.2 Å². The summed E-state index contributed by atoms with van der Waals surface area (Å²) in [6, 6.07) is 5.54. The highest BCUT2D eigenvalue weighted by atomic mass is 16.5. The molecule has 0 bridgehead atoms. The minimum Gasteiger partial charge on any atom is -0.497 e. The Morgan fingerprint density at radius 1 is 1.15 bits per heavy atom. The Morgan fingerprint density at radius 2 is 1.85 bits per heavy atom. The summed E-state index contributed by atoms with van der Waals surface area (Å²) in [4.78, 5) is 16.5. The molecule has 1 aliphatic heterocycles. The van der Waals surface area contributed by atoms with Gasteiger partial charge in [0.1, 0.15) is 11.5 Å². The molecule has 1 heterocycles. The number of carbonyl (C=O) groups excluding carboxylic acids is 1. The van der Waals surface area contributed by atoms with Gasteiger partial charge in [-0.15, -0.1) is 0 Å². The van der Waals surface area contributed by atoms with Gasteiger partial charge in [0.25, 0.3) is 0 Å². The smallest absolute Gasteiger partial charge is 0.227 e. The number of amides is 1. The van der Waals surface area contributed by atoms with Crippen LogP contribution in [0.15, 0.2) is 18.2 Å². The summed E-state index contributed by atoms with van der Waals surface area (Å²) < 4.78 is 10.5. The molecule has 0 radical (unpaired) electrons. The van der Waals surface area contributed by atoms with Crippen LogP contribution in [0.3, 0.4) is 0 Å². The molecule has 0 spiro atoms. The number of hydrogen-bond acceptors (Lipinski definition) is 4. The Bertz CT molecular complexity index is 468. The lowest BCUT2D eigenvalue weighted by atomic mass is 10.1. The molecule has 5 nitrogen and oxygen atoms in total. The van der Waals surface area contributed by atoms with Gasteiger partial charge in [-0.25, -0.2) is 0 Å².